The average Bonchev–Trinajstić information content (AvgIpc) is 2.26. The van der Waals surface area contributed by atoms with Crippen molar-refractivity contribution in [1.82, 2.24) is 0 Å². The lowest BCUT2D eigenvalue weighted by molar-refractivity contribution is 0.114. The highest BCUT2D eigenvalue weighted by molar-refractivity contribution is 7.39. The van der Waals surface area contributed by atoms with Gasteiger partial charge in [0, 0.05) is 6.42 Å². The first-order chi connectivity index (χ1) is 8.73. The van der Waals surface area contributed by atoms with Crippen LogP contribution in [0, 0.1) is 0 Å². The van der Waals surface area contributed by atoms with Gasteiger partial charge in [-0.1, -0.05) is 53.4 Å². The van der Waals surface area contributed by atoms with E-state index in [1.807, 2.05) is 0 Å². The van der Waals surface area contributed by atoms with Gasteiger partial charge in [-0.25, -0.2) is 0 Å². The van der Waals surface area contributed by atoms with E-state index in [1.165, 1.54) is 16.7 Å². The van der Waals surface area contributed by atoms with Gasteiger partial charge in [-0.2, -0.15) is 0 Å². The lowest BCUT2D eigenvalue weighted by atomic mass is 10.1. The molecule has 0 N–H and O–H groups in total. The molecule has 0 radical (unpaired) electrons. The van der Waals surface area contributed by atoms with Crippen molar-refractivity contribution in [2.24, 2.45) is 0 Å². The molecule has 19 heavy (non-hydrogen) atoms. The van der Waals surface area contributed by atoms with Gasteiger partial charge in [0.05, 0.1) is 11.7 Å². The van der Waals surface area contributed by atoms with Gasteiger partial charge < -0.3 is 4.74 Å². The van der Waals surface area contributed by atoms with Crippen molar-refractivity contribution in [3.8, 4) is 0 Å². The van der Waals surface area contributed by atoms with Gasteiger partial charge in [-0.05, 0) is 47.5 Å². The molecule has 0 aromatic heterocycles. The third-order valence-corrected chi connectivity index (χ3v) is 3.51. The second-order valence-electron chi connectivity index (χ2n) is 5.62. The summed E-state index contributed by atoms with van der Waals surface area (Å²) in [5.41, 5.74) is 4.11. The smallest absolute Gasteiger partial charge is 0.0977 e. The second kappa shape index (κ2) is 9.87. The van der Waals surface area contributed by atoms with Crippen molar-refractivity contribution >= 4 is 18.5 Å². The zero-order valence-electron chi connectivity index (χ0n) is 13.1. The first-order valence-corrected chi connectivity index (χ1v) is 8.02. The second-order valence-corrected chi connectivity index (χ2v) is 8.24. The van der Waals surface area contributed by atoms with Gasteiger partial charge >= 0.3 is 0 Å². The highest BCUT2D eigenvalue weighted by Gasteiger charge is 2.16. The van der Waals surface area contributed by atoms with E-state index in [-0.39, 0.29) is 5.08 Å². The molecule has 0 aliphatic carbocycles. The van der Waals surface area contributed by atoms with Crippen LogP contribution in [0.5, 0.6) is 0 Å². The fourth-order valence-electron chi connectivity index (χ4n) is 1.45. The fourth-order valence-corrected chi connectivity index (χ4v) is 1.88. The van der Waals surface area contributed by atoms with E-state index in [4.69, 9.17) is 4.74 Å². The SMILES string of the molecule is CC(C)=CCC/C(C)=C/COC(P)(P)CC=C(C)C. The summed E-state index contributed by atoms with van der Waals surface area (Å²) in [5, 5.41) is -0.242. The maximum Gasteiger partial charge on any atom is 0.0977 e. The molecule has 0 aliphatic rings. The maximum atomic E-state index is 5.87. The molecule has 0 aromatic rings. The van der Waals surface area contributed by atoms with E-state index in [9.17, 15) is 0 Å². The Morgan fingerprint density at radius 3 is 2.05 bits per heavy atom. The molecule has 0 spiro atoms. The lowest BCUT2D eigenvalue weighted by Gasteiger charge is -2.23. The van der Waals surface area contributed by atoms with Crippen LogP contribution in [0.2, 0.25) is 0 Å². The Labute approximate surface area is 124 Å². The summed E-state index contributed by atoms with van der Waals surface area (Å²) in [6.07, 6.45) is 9.80. The molecule has 2 unspecified atom stereocenters. The molecule has 2 atom stereocenters. The van der Waals surface area contributed by atoms with E-state index in [0.717, 1.165) is 19.3 Å². The third kappa shape index (κ3) is 12.8. The van der Waals surface area contributed by atoms with Crippen LogP contribution in [0.3, 0.4) is 0 Å². The van der Waals surface area contributed by atoms with Crippen molar-refractivity contribution in [3.63, 3.8) is 0 Å². The van der Waals surface area contributed by atoms with Crippen LogP contribution in [0.25, 0.3) is 0 Å². The third-order valence-electron chi connectivity index (χ3n) is 2.70. The number of rotatable bonds is 8. The summed E-state index contributed by atoms with van der Waals surface area (Å²) in [7, 11) is 5.54. The minimum atomic E-state index is -0.242. The summed E-state index contributed by atoms with van der Waals surface area (Å²) in [5.74, 6) is 0. The van der Waals surface area contributed by atoms with Crippen molar-refractivity contribution in [2.45, 2.75) is 59.0 Å². The van der Waals surface area contributed by atoms with Gasteiger partial charge in [0.2, 0.25) is 0 Å². The van der Waals surface area contributed by atoms with Gasteiger partial charge in [0.25, 0.3) is 0 Å². The predicted molar refractivity (Wildman–Crippen MR) is 94.6 cm³/mol. The number of hydrogen-bond acceptors (Lipinski definition) is 1. The van der Waals surface area contributed by atoms with Crippen LogP contribution in [0.4, 0.5) is 0 Å². The Kier molecular flexibility index (Phi) is 9.89. The minimum absolute atomic E-state index is 0.242. The zero-order chi connectivity index (χ0) is 14.9. The van der Waals surface area contributed by atoms with Crippen LogP contribution in [0.1, 0.15) is 53.9 Å². The Balaban J connectivity index is 4.05. The van der Waals surface area contributed by atoms with E-state index in [2.05, 4.69) is 71.3 Å². The molecule has 0 rings (SSSR count). The van der Waals surface area contributed by atoms with Crippen molar-refractivity contribution in [2.75, 3.05) is 6.61 Å². The standard InChI is InChI=1S/C16H30OP2/c1-13(2)7-6-8-15(5)10-12-17-16(18,19)11-9-14(3)4/h7,9-10H,6,8,11-12,18-19H2,1-5H3/b15-10+. The van der Waals surface area contributed by atoms with Crippen LogP contribution in [-0.2, 0) is 4.74 Å². The molecule has 0 amide bonds. The number of ether oxygens (including phenoxy) is 1. The fraction of sp³-hybridized carbons (Fsp3) is 0.625. The maximum absolute atomic E-state index is 5.87. The highest BCUT2D eigenvalue weighted by atomic mass is 31.1. The summed E-state index contributed by atoms with van der Waals surface area (Å²) >= 11 is 0. The van der Waals surface area contributed by atoms with Gasteiger partial charge in [-0.15, -0.1) is 0 Å². The van der Waals surface area contributed by atoms with E-state index in [1.54, 1.807) is 0 Å². The Bertz CT molecular complexity index is 344. The van der Waals surface area contributed by atoms with Gasteiger partial charge in [0.15, 0.2) is 0 Å². The predicted octanol–water partition coefficient (Wildman–Crippen LogP) is 5.46. The molecule has 1 nitrogen and oxygen atoms in total. The summed E-state index contributed by atoms with van der Waals surface area (Å²) in [4.78, 5) is 0. The molecule has 0 fully saturated rings. The number of hydrogen-bond donors (Lipinski definition) is 0. The summed E-state index contributed by atoms with van der Waals surface area (Å²) in [6.45, 7) is 11.3. The molecular weight excluding hydrogens is 270 g/mol. The quantitative estimate of drug-likeness (QED) is 0.427. The molecule has 0 bridgehead atoms. The Morgan fingerprint density at radius 1 is 0.947 bits per heavy atom. The summed E-state index contributed by atoms with van der Waals surface area (Å²) in [6, 6.07) is 0. The van der Waals surface area contributed by atoms with Gasteiger partial charge in [-0.3, -0.25) is 0 Å². The molecule has 110 valence electrons. The Hall–Kier alpha value is 0.0400. The zero-order valence-corrected chi connectivity index (χ0v) is 15.4. The van der Waals surface area contributed by atoms with Crippen molar-refractivity contribution in [1.29, 1.82) is 0 Å². The van der Waals surface area contributed by atoms with Crippen molar-refractivity contribution < 1.29 is 4.74 Å². The topological polar surface area (TPSA) is 9.23 Å². The van der Waals surface area contributed by atoms with Crippen LogP contribution >= 0.6 is 18.5 Å². The van der Waals surface area contributed by atoms with E-state index in [0.29, 0.717) is 6.61 Å². The summed E-state index contributed by atoms with van der Waals surface area (Å²) < 4.78 is 5.87. The largest absolute Gasteiger partial charge is 0.363 e. The van der Waals surface area contributed by atoms with Crippen LogP contribution < -0.4 is 0 Å². The van der Waals surface area contributed by atoms with Crippen LogP contribution in [-0.4, -0.2) is 11.7 Å². The van der Waals surface area contributed by atoms with E-state index >= 15 is 0 Å². The molecule has 0 aliphatic heterocycles. The highest BCUT2D eigenvalue weighted by Crippen LogP contribution is 2.33. The first kappa shape index (κ1) is 19.0. The molecule has 0 saturated carbocycles. The van der Waals surface area contributed by atoms with E-state index < -0.39 is 0 Å². The lowest BCUT2D eigenvalue weighted by Crippen LogP contribution is -2.15. The Morgan fingerprint density at radius 2 is 1.53 bits per heavy atom. The molecule has 0 saturated heterocycles. The monoisotopic (exact) mass is 300 g/mol. The molecule has 3 heteroatoms. The normalized spacial score (nSPS) is 12.3. The average molecular weight is 300 g/mol. The van der Waals surface area contributed by atoms with Crippen LogP contribution in [0.15, 0.2) is 34.9 Å². The molecular formula is C16H30OP2. The first-order valence-electron chi connectivity index (χ1n) is 6.87. The minimum Gasteiger partial charge on any atom is -0.363 e. The van der Waals surface area contributed by atoms with Crippen molar-refractivity contribution in [3.05, 3.63) is 34.9 Å². The molecule has 0 aromatic carbocycles. The number of allylic oxidation sites excluding steroid dienone is 4. The van der Waals surface area contributed by atoms with Gasteiger partial charge in [0.1, 0.15) is 0 Å². The molecule has 0 heterocycles.